The molecule has 6 rings (SSSR count). The van der Waals surface area contributed by atoms with Gasteiger partial charge in [0.05, 0.1) is 13.2 Å². The number of aromatic nitrogens is 1. The number of piperazine rings is 1. The van der Waals surface area contributed by atoms with E-state index < -0.39 is 12.1 Å². The van der Waals surface area contributed by atoms with Crippen LogP contribution in [0.4, 0.5) is 0 Å². The van der Waals surface area contributed by atoms with E-state index in [1.54, 1.807) is 24.0 Å². The Hall–Kier alpha value is -4.62. The van der Waals surface area contributed by atoms with E-state index in [1.165, 1.54) is 0 Å². The maximum absolute atomic E-state index is 14.2. The van der Waals surface area contributed by atoms with Gasteiger partial charge in [-0.1, -0.05) is 78.9 Å². The second-order valence-electron chi connectivity index (χ2n) is 11.0. The van der Waals surface area contributed by atoms with Crippen molar-refractivity contribution in [2.75, 3.05) is 27.2 Å². The highest BCUT2D eigenvalue weighted by molar-refractivity contribution is 5.92. The molecule has 42 heavy (non-hydrogen) atoms. The van der Waals surface area contributed by atoms with Gasteiger partial charge >= 0.3 is 0 Å². The minimum atomic E-state index is -0.633. The lowest BCUT2D eigenvalue weighted by Crippen LogP contribution is -2.62. The van der Waals surface area contributed by atoms with Gasteiger partial charge in [-0.3, -0.25) is 9.59 Å². The van der Waals surface area contributed by atoms with Crippen molar-refractivity contribution in [3.05, 3.63) is 114 Å². The van der Waals surface area contributed by atoms with Crippen molar-refractivity contribution in [1.29, 1.82) is 0 Å². The molecule has 0 radical (unpaired) electrons. The fourth-order valence-corrected chi connectivity index (χ4v) is 6.09. The second kappa shape index (κ2) is 12.1. The number of likely N-dealkylation sites (N-methyl/N-ethyl adjacent to an activating group) is 1. The highest BCUT2D eigenvalue weighted by Crippen LogP contribution is 2.25. The molecule has 0 bridgehead atoms. The summed E-state index contributed by atoms with van der Waals surface area (Å²) in [7, 11) is 3.44. The van der Waals surface area contributed by atoms with Crippen molar-refractivity contribution in [1.82, 2.24) is 20.1 Å². The summed E-state index contributed by atoms with van der Waals surface area (Å²) < 4.78 is 5.54. The van der Waals surface area contributed by atoms with Crippen LogP contribution in [-0.2, 0) is 29.0 Å². The fourth-order valence-electron chi connectivity index (χ4n) is 6.09. The molecule has 0 spiro atoms. The molecule has 1 aromatic heterocycles. The van der Waals surface area contributed by atoms with Gasteiger partial charge in [0, 0.05) is 55.8 Å². The molecule has 1 aliphatic heterocycles. The predicted molar refractivity (Wildman–Crippen MR) is 166 cm³/mol. The first-order chi connectivity index (χ1) is 20.5. The predicted octanol–water partition coefficient (Wildman–Crippen LogP) is 4.94. The molecule has 7 heteroatoms. The number of rotatable bonds is 9. The normalized spacial score (nSPS) is 16.1. The molecule has 4 aromatic carbocycles. The van der Waals surface area contributed by atoms with Crippen molar-refractivity contribution in [2.24, 2.45) is 0 Å². The molecular formula is C35H36N4O3. The molecule has 7 nitrogen and oxygen atoms in total. The van der Waals surface area contributed by atoms with Crippen molar-refractivity contribution in [3.8, 4) is 5.75 Å². The number of fused-ring (bicyclic) bond motifs is 2. The molecule has 0 saturated carbocycles. The smallest absolute Gasteiger partial charge is 0.245 e. The van der Waals surface area contributed by atoms with Gasteiger partial charge in [-0.2, -0.15) is 0 Å². The Bertz CT molecular complexity index is 1730. The molecular weight excluding hydrogens is 524 g/mol. The Morgan fingerprint density at radius 3 is 2.60 bits per heavy atom. The maximum atomic E-state index is 14.2. The Labute approximate surface area is 246 Å². The largest absolute Gasteiger partial charge is 0.496 e. The van der Waals surface area contributed by atoms with Crippen molar-refractivity contribution in [2.45, 2.75) is 31.5 Å². The lowest BCUT2D eigenvalue weighted by molar-refractivity contribution is -0.148. The number of hydrogen-bond donors (Lipinski definition) is 2. The minimum Gasteiger partial charge on any atom is -0.496 e. The third kappa shape index (κ3) is 5.60. The number of para-hydroxylation sites is 2. The molecule has 2 N–H and O–H groups in total. The summed E-state index contributed by atoms with van der Waals surface area (Å²) in [6.45, 7) is 1.47. The van der Waals surface area contributed by atoms with Crippen LogP contribution in [0, 0.1) is 0 Å². The van der Waals surface area contributed by atoms with Gasteiger partial charge < -0.3 is 24.8 Å². The number of methoxy groups -OCH3 is 1. The van der Waals surface area contributed by atoms with Gasteiger partial charge in [-0.15, -0.1) is 0 Å². The van der Waals surface area contributed by atoms with E-state index in [1.807, 2.05) is 60.8 Å². The zero-order valence-electron chi connectivity index (χ0n) is 24.0. The van der Waals surface area contributed by atoms with E-state index in [2.05, 4.69) is 46.7 Å². The van der Waals surface area contributed by atoms with Gasteiger partial charge in [0.25, 0.3) is 0 Å². The summed E-state index contributed by atoms with van der Waals surface area (Å²) in [5.41, 5.74) is 4.08. The average Bonchev–Trinajstić information content (AvgIpc) is 3.43. The van der Waals surface area contributed by atoms with Crippen LogP contribution in [0.3, 0.4) is 0 Å². The molecule has 2 atom stereocenters. The second-order valence-corrected chi connectivity index (χ2v) is 11.0. The first-order valence-corrected chi connectivity index (χ1v) is 14.4. The van der Waals surface area contributed by atoms with Crippen LogP contribution in [0.1, 0.15) is 16.7 Å². The first kappa shape index (κ1) is 27.5. The van der Waals surface area contributed by atoms with E-state index in [4.69, 9.17) is 4.74 Å². The van der Waals surface area contributed by atoms with Crippen molar-refractivity contribution in [3.63, 3.8) is 0 Å². The lowest BCUT2D eigenvalue weighted by atomic mass is 9.97. The zero-order chi connectivity index (χ0) is 29.1. The van der Waals surface area contributed by atoms with E-state index in [0.29, 0.717) is 32.5 Å². The van der Waals surface area contributed by atoms with Gasteiger partial charge in [-0.25, -0.2) is 0 Å². The molecule has 214 valence electrons. The number of aromatic amines is 1. The Kier molecular flexibility index (Phi) is 7.93. The number of amides is 2. The van der Waals surface area contributed by atoms with E-state index in [-0.39, 0.29) is 11.8 Å². The average molecular weight is 561 g/mol. The molecule has 0 unspecified atom stereocenters. The number of ether oxygens (including phenoxy) is 1. The number of carbonyl (C=O) groups excluding carboxylic acids is 2. The van der Waals surface area contributed by atoms with Gasteiger partial charge in [-0.05, 0) is 40.5 Å². The van der Waals surface area contributed by atoms with E-state index in [0.717, 1.165) is 44.1 Å². The highest BCUT2D eigenvalue weighted by atomic mass is 16.5. The zero-order valence-corrected chi connectivity index (χ0v) is 24.0. The highest BCUT2D eigenvalue weighted by Gasteiger charge is 2.38. The molecule has 0 aliphatic carbocycles. The minimum absolute atomic E-state index is 0.0450. The van der Waals surface area contributed by atoms with Crippen LogP contribution in [0.15, 0.2) is 97.2 Å². The SMILES string of the molecule is COc1ccccc1CN(C)C(=O)[C@@H](Cc1ccc2ccccc2c1)N1CCN[C@@H](Cc2c[nH]c3ccccc23)C1=O. The number of nitrogens with zero attached hydrogens (tertiary/aromatic N) is 2. The van der Waals surface area contributed by atoms with Crippen LogP contribution >= 0.6 is 0 Å². The molecule has 2 heterocycles. The quantitative estimate of drug-likeness (QED) is 0.268. The Balaban J connectivity index is 1.29. The van der Waals surface area contributed by atoms with Gasteiger partial charge in [0.2, 0.25) is 11.8 Å². The summed E-state index contributed by atoms with van der Waals surface area (Å²) in [6, 6.07) is 29.3. The number of nitrogens with one attached hydrogen (secondary N) is 2. The first-order valence-electron chi connectivity index (χ1n) is 14.4. The number of benzene rings is 4. The topological polar surface area (TPSA) is 77.7 Å². The van der Waals surface area contributed by atoms with Crippen LogP contribution in [0.25, 0.3) is 21.7 Å². The summed E-state index contributed by atoms with van der Waals surface area (Å²) in [5, 5.41) is 6.80. The summed E-state index contributed by atoms with van der Waals surface area (Å²) in [6.07, 6.45) is 2.97. The lowest BCUT2D eigenvalue weighted by Gasteiger charge is -2.39. The summed E-state index contributed by atoms with van der Waals surface area (Å²) in [5.74, 6) is 0.604. The number of hydrogen-bond acceptors (Lipinski definition) is 4. The van der Waals surface area contributed by atoms with Crippen molar-refractivity contribution < 1.29 is 14.3 Å². The third-order valence-corrected chi connectivity index (χ3v) is 8.30. The Morgan fingerprint density at radius 2 is 1.74 bits per heavy atom. The van der Waals surface area contributed by atoms with Crippen molar-refractivity contribution >= 4 is 33.5 Å². The van der Waals surface area contributed by atoms with Crippen LogP contribution in [0.2, 0.25) is 0 Å². The number of H-pyrrole nitrogens is 1. The molecule has 1 fully saturated rings. The molecule has 1 saturated heterocycles. The third-order valence-electron chi connectivity index (χ3n) is 8.30. The monoisotopic (exact) mass is 560 g/mol. The van der Waals surface area contributed by atoms with Crippen LogP contribution in [0.5, 0.6) is 5.75 Å². The molecule has 1 aliphatic rings. The maximum Gasteiger partial charge on any atom is 0.245 e. The van der Waals surface area contributed by atoms with Gasteiger partial charge in [0.15, 0.2) is 0 Å². The van der Waals surface area contributed by atoms with E-state index >= 15 is 0 Å². The summed E-state index contributed by atoms with van der Waals surface area (Å²) >= 11 is 0. The standard InChI is InChI=1S/C35H36N4O3/c1-38(23-27-11-5-8-14-33(27)42-2)35(41)32(20-24-15-16-25-9-3-4-10-26(25)19-24)39-18-17-36-31(34(39)40)21-28-22-37-30-13-7-6-12-29(28)30/h3-16,19,22,31-32,36-37H,17-18,20-21,23H2,1-2H3/t31-,32+/m0/s1. The molecule has 2 amide bonds. The van der Waals surface area contributed by atoms with Gasteiger partial charge in [0.1, 0.15) is 11.8 Å². The van der Waals surface area contributed by atoms with Crippen LogP contribution in [-0.4, -0.2) is 65.9 Å². The Morgan fingerprint density at radius 1 is 0.976 bits per heavy atom. The number of carbonyl (C=O) groups is 2. The van der Waals surface area contributed by atoms with E-state index in [9.17, 15) is 9.59 Å². The molecule has 5 aromatic rings. The summed E-state index contributed by atoms with van der Waals surface area (Å²) in [4.78, 5) is 35.1. The fraction of sp³-hybridized carbons (Fsp3) is 0.257. The van der Waals surface area contributed by atoms with Crippen LogP contribution < -0.4 is 10.1 Å².